The van der Waals surface area contributed by atoms with Gasteiger partial charge >= 0.3 is 0 Å². The molecule has 0 saturated heterocycles. The number of unbranched alkanes of at least 4 members (excludes halogenated alkanes) is 3. The molecule has 0 unspecified atom stereocenters. The Morgan fingerprint density at radius 2 is 2.12 bits per heavy atom. The molecule has 0 aliphatic heterocycles. The second-order valence-electron chi connectivity index (χ2n) is 4.06. The molecule has 0 aliphatic carbocycles. The number of para-hydroxylation sites is 1. The monoisotopic (exact) mass is 238 g/mol. The summed E-state index contributed by atoms with van der Waals surface area (Å²) in [6, 6.07) is 4.36. The van der Waals surface area contributed by atoms with E-state index in [0.717, 1.165) is 25.7 Å². The SMILES string of the molecule is CCCCCCC(=O)Nc1c(N)cccc1F. The second kappa shape index (κ2) is 6.89. The van der Waals surface area contributed by atoms with Crippen LogP contribution in [0.4, 0.5) is 15.8 Å². The van der Waals surface area contributed by atoms with Crippen LogP contribution in [0, 0.1) is 5.82 Å². The third-order valence-corrected chi connectivity index (χ3v) is 2.57. The van der Waals surface area contributed by atoms with Gasteiger partial charge in [-0.15, -0.1) is 0 Å². The molecule has 17 heavy (non-hydrogen) atoms. The molecule has 0 radical (unpaired) electrons. The molecule has 94 valence electrons. The highest BCUT2D eigenvalue weighted by Gasteiger charge is 2.09. The molecule has 3 nitrogen and oxygen atoms in total. The number of anilines is 2. The molecular weight excluding hydrogens is 219 g/mol. The van der Waals surface area contributed by atoms with Gasteiger partial charge in [-0.3, -0.25) is 4.79 Å². The number of carbonyl (C=O) groups excluding carboxylic acids is 1. The van der Waals surface area contributed by atoms with E-state index in [1.54, 1.807) is 6.07 Å². The molecule has 1 aromatic rings. The van der Waals surface area contributed by atoms with E-state index in [-0.39, 0.29) is 17.3 Å². The van der Waals surface area contributed by atoms with Gasteiger partial charge in [0.25, 0.3) is 0 Å². The lowest BCUT2D eigenvalue weighted by Gasteiger charge is -2.08. The minimum atomic E-state index is -0.494. The Kier molecular flexibility index (Phi) is 5.46. The van der Waals surface area contributed by atoms with Gasteiger partial charge in [0.2, 0.25) is 5.91 Å². The van der Waals surface area contributed by atoms with Gasteiger partial charge in [-0.2, -0.15) is 0 Å². The van der Waals surface area contributed by atoms with Gasteiger partial charge in [0.05, 0.1) is 5.69 Å². The molecular formula is C13H19FN2O. The maximum absolute atomic E-state index is 13.4. The number of hydrogen-bond donors (Lipinski definition) is 2. The summed E-state index contributed by atoms with van der Waals surface area (Å²) < 4.78 is 13.4. The van der Waals surface area contributed by atoms with E-state index < -0.39 is 5.82 Å². The van der Waals surface area contributed by atoms with Gasteiger partial charge in [0, 0.05) is 6.42 Å². The van der Waals surface area contributed by atoms with Crippen LogP contribution < -0.4 is 11.1 Å². The Bertz CT molecular complexity index is 359. The summed E-state index contributed by atoms with van der Waals surface area (Å²) in [7, 11) is 0. The molecule has 0 aliphatic rings. The van der Waals surface area contributed by atoms with Crippen molar-refractivity contribution in [2.45, 2.75) is 39.0 Å². The van der Waals surface area contributed by atoms with Crippen LogP contribution in [0.25, 0.3) is 0 Å². The number of halogens is 1. The van der Waals surface area contributed by atoms with Crippen molar-refractivity contribution in [3.8, 4) is 0 Å². The first-order valence-corrected chi connectivity index (χ1v) is 5.99. The average Bonchev–Trinajstić information content (AvgIpc) is 2.30. The number of hydrogen-bond acceptors (Lipinski definition) is 2. The van der Waals surface area contributed by atoms with Crippen molar-refractivity contribution in [2.75, 3.05) is 11.1 Å². The molecule has 0 aromatic heterocycles. The van der Waals surface area contributed by atoms with E-state index in [1.165, 1.54) is 12.1 Å². The molecule has 0 fully saturated rings. The van der Waals surface area contributed by atoms with Crippen LogP contribution in [0.3, 0.4) is 0 Å². The first-order chi connectivity index (χ1) is 8.15. The fourth-order valence-corrected chi connectivity index (χ4v) is 1.59. The van der Waals surface area contributed by atoms with Gasteiger partial charge in [-0.1, -0.05) is 32.3 Å². The lowest BCUT2D eigenvalue weighted by molar-refractivity contribution is -0.116. The standard InChI is InChI=1S/C13H19FN2O/c1-2-3-4-5-9-12(17)16-13-10(14)7-6-8-11(13)15/h6-8H,2-5,9,15H2,1H3,(H,16,17). The lowest BCUT2D eigenvalue weighted by atomic mass is 10.1. The Morgan fingerprint density at radius 3 is 2.76 bits per heavy atom. The maximum Gasteiger partial charge on any atom is 0.224 e. The zero-order valence-corrected chi connectivity index (χ0v) is 10.1. The predicted molar refractivity (Wildman–Crippen MR) is 68.2 cm³/mol. The number of nitrogens with two attached hydrogens (primary N) is 1. The lowest BCUT2D eigenvalue weighted by Crippen LogP contribution is -2.13. The molecule has 0 bridgehead atoms. The first-order valence-electron chi connectivity index (χ1n) is 5.99. The number of amides is 1. The normalized spacial score (nSPS) is 10.2. The molecule has 0 spiro atoms. The summed E-state index contributed by atoms with van der Waals surface area (Å²) in [4.78, 5) is 11.5. The van der Waals surface area contributed by atoms with Gasteiger partial charge in [-0.25, -0.2) is 4.39 Å². The Morgan fingerprint density at radius 1 is 1.35 bits per heavy atom. The quantitative estimate of drug-likeness (QED) is 0.590. The van der Waals surface area contributed by atoms with E-state index in [9.17, 15) is 9.18 Å². The molecule has 3 N–H and O–H groups in total. The third-order valence-electron chi connectivity index (χ3n) is 2.57. The summed E-state index contributed by atoms with van der Waals surface area (Å²) in [5, 5.41) is 2.52. The summed E-state index contributed by atoms with van der Waals surface area (Å²) in [6.45, 7) is 2.11. The van der Waals surface area contributed by atoms with Crippen molar-refractivity contribution >= 4 is 17.3 Å². The van der Waals surface area contributed by atoms with E-state index in [2.05, 4.69) is 12.2 Å². The van der Waals surface area contributed by atoms with Crippen molar-refractivity contribution < 1.29 is 9.18 Å². The highest BCUT2D eigenvalue weighted by Crippen LogP contribution is 2.22. The number of benzene rings is 1. The maximum atomic E-state index is 13.4. The summed E-state index contributed by atoms with van der Waals surface area (Å²) in [6.07, 6.45) is 4.51. The van der Waals surface area contributed by atoms with Crippen molar-refractivity contribution in [3.05, 3.63) is 24.0 Å². The van der Waals surface area contributed by atoms with Crippen LogP contribution in [0.5, 0.6) is 0 Å². The van der Waals surface area contributed by atoms with Crippen molar-refractivity contribution in [1.29, 1.82) is 0 Å². The smallest absolute Gasteiger partial charge is 0.224 e. The number of carbonyl (C=O) groups is 1. The summed E-state index contributed by atoms with van der Waals surface area (Å²) >= 11 is 0. The van der Waals surface area contributed by atoms with Crippen molar-refractivity contribution in [3.63, 3.8) is 0 Å². The van der Waals surface area contributed by atoms with Crippen LogP contribution in [0.1, 0.15) is 39.0 Å². The molecule has 0 atom stereocenters. The fourth-order valence-electron chi connectivity index (χ4n) is 1.59. The molecule has 1 amide bonds. The number of rotatable bonds is 6. The largest absolute Gasteiger partial charge is 0.397 e. The van der Waals surface area contributed by atoms with Gasteiger partial charge in [0.1, 0.15) is 11.5 Å². The van der Waals surface area contributed by atoms with Crippen LogP contribution in [0.2, 0.25) is 0 Å². The van der Waals surface area contributed by atoms with Gasteiger partial charge in [0.15, 0.2) is 0 Å². The first kappa shape index (κ1) is 13.5. The highest BCUT2D eigenvalue weighted by molar-refractivity contribution is 5.93. The predicted octanol–water partition coefficient (Wildman–Crippen LogP) is 3.32. The van der Waals surface area contributed by atoms with Gasteiger partial charge < -0.3 is 11.1 Å². The van der Waals surface area contributed by atoms with Crippen LogP contribution in [-0.2, 0) is 4.79 Å². The van der Waals surface area contributed by atoms with E-state index >= 15 is 0 Å². The van der Waals surface area contributed by atoms with Crippen LogP contribution in [-0.4, -0.2) is 5.91 Å². The van der Waals surface area contributed by atoms with Crippen LogP contribution in [0.15, 0.2) is 18.2 Å². The van der Waals surface area contributed by atoms with Crippen molar-refractivity contribution in [2.24, 2.45) is 0 Å². The minimum Gasteiger partial charge on any atom is -0.397 e. The summed E-state index contributed by atoms with van der Waals surface area (Å²) in [5.41, 5.74) is 5.94. The third kappa shape index (κ3) is 4.43. The molecule has 1 rings (SSSR count). The molecule has 1 aromatic carbocycles. The van der Waals surface area contributed by atoms with E-state index in [0.29, 0.717) is 6.42 Å². The Hall–Kier alpha value is -1.58. The summed E-state index contributed by atoms with van der Waals surface area (Å²) in [5.74, 6) is -0.676. The minimum absolute atomic E-state index is 0.0907. The highest BCUT2D eigenvalue weighted by atomic mass is 19.1. The zero-order valence-electron chi connectivity index (χ0n) is 10.1. The number of nitrogen functional groups attached to an aromatic ring is 1. The average molecular weight is 238 g/mol. The second-order valence-corrected chi connectivity index (χ2v) is 4.06. The fraction of sp³-hybridized carbons (Fsp3) is 0.462. The van der Waals surface area contributed by atoms with Crippen LogP contribution >= 0.6 is 0 Å². The van der Waals surface area contributed by atoms with E-state index in [4.69, 9.17) is 5.73 Å². The Labute approximate surface area is 101 Å². The van der Waals surface area contributed by atoms with E-state index in [1.807, 2.05) is 0 Å². The molecule has 0 heterocycles. The van der Waals surface area contributed by atoms with Gasteiger partial charge in [-0.05, 0) is 18.6 Å². The topological polar surface area (TPSA) is 55.1 Å². The number of nitrogens with one attached hydrogen (secondary N) is 1. The van der Waals surface area contributed by atoms with Crippen molar-refractivity contribution in [1.82, 2.24) is 0 Å². The molecule has 0 saturated carbocycles. The zero-order chi connectivity index (χ0) is 12.7. The molecule has 4 heteroatoms. The Balaban J connectivity index is 2.45.